The molecule has 0 amide bonds. The molecule has 5 nitrogen and oxygen atoms in total. The van der Waals surface area contributed by atoms with Gasteiger partial charge in [0.2, 0.25) is 0 Å². The molecule has 8 aromatic rings. The van der Waals surface area contributed by atoms with Crippen LogP contribution in [0.1, 0.15) is 109 Å². The first kappa shape index (κ1) is 47.6. The first-order valence-corrected chi connectivity index (χ1v) is 25.4. The minimum Gasteiger partial charge on any atom is -0.310 e. The van der Waals surface area contributed by atoms with Gasteiger partial charge in [0.1, 0.15) is 0 Å². The first-order chi connectivity index (χ1) is 34.2. The lowest BCUT2D eigenvalue weighted by molar-refractivity contribution is 0.0980. The van der Waals surface area contributed by atoms with Gasteiger partial charge in [-0.2, -0.15) is 0 Å². The van der Waals surface area contributed by atoms with E-state index in [0.717, 1.165) is 72.6 Å². The van der Waals surface area contributed by atoms with Gasteiger partial charge in [-0.1, -0.05) is 164 Å². The van der Waals surface area contributed by atoms with E-state index in [1.54, 1.807) is 0 Å². The second-order valence-corrected chi connectivity index (χ2v) is 19.4. The van der Waals surface area contributed by atoms with E-state index < -0.39 is 0 Å². The van der Waals surface area contributed by atoms with Gasteiger partial charge in [0, 0.05) is 39.7 Å². The maximum Gasteiger partial charge on any atom is 0.198 e. The van der Waals surface area contributed by atoms with Crippen molar-refractivity contribution in [1.82, 2.24) is 0 Å². The number of nitrogens with zero attached hydrogens (tertiary/aromatic N) is 3. The molecule has 0 aliphatic heterocycles. The Kier molecular flexibility index (Phi) is 14.6. The van der Waals surface area contributed by atoms with Crippen LogP contribution in [0.4, 0.5) is 51.2 Å². The summed E-state index contributed by atoms with van der Waals surface area (Å²) in [6.45, 7) is 13.6. The molecule has 0 saturated carbocycles. The summed E-state index contributed by atoms with van der Waals surface area (Å²) < 4.78 is 0. The van der Waals surface area contributed by atoms with Crippen LogP contribution >= 0.6 is 0 Å². The first-order valence-electron chi connectivity index (χ1n) is 25.4. The Morgan fingerprint density at radius 3 is 0.943 bits per heavy atom. The molecule has 352 valence electrons. The lowest BCUT2D eigenvalue weighted by Gasteiger charge is -2.35. The quantitative estimate of drug-likeness (QED) is 0.0858. The third-order valence-electron chi connectivity index (χ3n) is 14.3. The van der Waals surface area contributed by atoms with Gasteiger partial charge in [-0.25, -0.2) is 0 Å². The summed E-state index contributed by atoms with van der Waals surface area (Å²) in [5, 5.41) is 0. The van der Waals surface area contributed by atoms with Crippen molar-refractivity contribution in [1.29, 1.82) is 0 Å². The summed E-state index contributed by atoms with van der Waals surface area (Å²) in [5.41, 5.74) is 12.6. The molecule has 0 heterocycles. The number of rotatable bonds is 18. The summed E-state index contributed by atoms with van der Waals surface area (Å²) in [6, 6.07) is 66.4. The highest BCUT2D eigenvalue weighted by Crippen LogP contribution is 2.50. The molecule has 0 N–H and O–H groups in total. The third kappa shape index (κ3) is 9.84. The van der Waals surface area contributed by atoms with Gasteiger partial charge in [0.25, 0.3) is 0 Å². The number of hydrogen-bond donors (Lipinski definition) is 0. The van der Waals surface area contributed by atoms with Crippen molar-refractivity contribution >= 4 is 62.8 Å². The molecule has 5 heteroatoms. The molecular formula is C65H65N3O2. The molecular weight excluding hydrogens is 855 g/mol. The normalized spacial score (nSPS) is 13.2. The third-order valence-corrected chi connectivity index (χ3v) is 14.3. The number of carbonyl (C=O) groups excluding carboxylic acids is 2. The summed E-state index contributed by atoms with van der Waals surface area (Å²) in [6.07, 6.45) is 6.25. The van der Waals surface area contributed by atoms with Crippen LogP contribution in [0.25, 0.3) is 0 Å². The van der Waals surface area contributed by atoms with Gasteiger partial charge in [0.15, 0.2) is 11.6 Å². The Morgan fingerprint density at radius 1 is 0.314 bits per heavy atom. The zero-order valence-corrected chi connectivity index (χ0v) is 41.6. The number of hydrogen-bond acceptors (Lipinski definition) is 5. The number of ketones is 2. The summed E-state index contributed by atoms with van der Waals surface area (Å²) >= 11 is 0. The van der Waals surface area contributed by atoms with E-state index >= 15 is 9.59 Å². The van der Waals surface area contributed by atoms with E-state index in [0.29, 0.717) is 57.1 Å². The molecule has 0 bridgehead atoms. The van der Waals surface area contributed by atoms with Crippen molar-refractivity contribution in [3.05, 3.63) is 233 Å². The zero-order valence-electron chi connectivity index (χ0n) is 41.6. The number of para-hydroxylation sites is 3. The zero-order chi connectivity index (χ0) is 48.7. The standard InChI is InChI=1S/C65H65N3O2/c1-7-45(4)42-48-28-34-54(35-29-48)66(51-20-13-10-14-21-51)58-27-19-26-57-61(58)65(70)63-60(68(53-24-17-12-18-25-53)56-38-32-50(33-39-56)44-47(6)9-3)41-40-59(62(63)64(57)69)67(52-22-15-11-16-23-52)55-36-30-49(31-37-55)43-46(5)8-2/h10-41,45-47H,7-9,42-44H2,1-6H3. The van der Waals surface area contributed by atoms with Crippen LogP contribution in [0.5, 0.6) is 0 Å². The Morgan fingerprint density at radius 2 is 0.614 bits per heavy atom. The van der Waals surface area contributed by atoms with Gasteiger partial charge in [-0.3, -0.25) is 9.59 Å². The van der Waals surface area contributed by atoms with Gasteiger partial charge in [-0.05, 0) is 145 Å². The number of fused-ring (bicyclic) bond motifs is 2. The highest BCUT2D eigenvalue weighted by Gasteiger charge is 2.40. The molecule has 0 radical (unpaired) electrons. The maximum absolute atomic E-state index is 16.4. The van der Waals surface area contributed by atoms with Crippen molar-refractivity contribution in [2.45, 2.75) is 80.1 Å². The van der Waals surface area contributed by atoms with Crippen LogP contribution in [0.2, 0.25) is 0 Å². The molecule has 0 aromatic heterocycles. The van der Waals surface area contributed by atoms with Crippen molar-refractivity contribution in [3.8, 4) is 0 Å². The average molecular weight is 920 g/mol. The lowest BCUT2D eigenvalue weighted by atomic mass is 9.80. The highest BCUT2D eigenvalue weighted by atomic mass is 16.1. The van der Waals surface area contributed by atoms with Crippen molar-refractivity contribution in [3.63, 3.8) is 0 Å². The van der Waals surface area contributed by atoms with Crippen LogP contribution in [0, 0.1) is 17.8 Å². The van der Waals surface area contributed by atoms with Crippen LogP contribution in [0.3, 0.4) is 0 Å². The van der Waals surface area contributed by atoms with Crippen molar-refractivity contribution in [2.24, 2.45) is 17.8 Å². The molecule has 8 aromatic carbocycles. The summed E-state index contributed by atoms with van der Waals surface area (Å²) in [4.78, 5) is 39.0. The highest BCUT2D eigenvalue weighted by molar-refractivity contribution is 6.34. The predicted octanol–water partition coefficient (Wildman–Crippen LogP) is 17.6. The van der Waals surface area contributed by atoms with Crippen molar-refractivity contribution in [2.75, 3.05) is 14.7 Å². The van der Waals surface area contributed by atoms with E-state index in [1.165, 1.54) is 16.7 Å². The Hall–Kier alpha value is -7.50. The van der Waals surface area contributed by atoms with E-state index in [-0.39, 0.29) is 11.6 Å². The second-order valence-electron chi connectivity index (χ2n) is 19.4. The fraction of sp³-hybridized carbons (Fsp3) is 0.231. The maximum atomic E-state index is 16.4. The largest absolute Gasteiger partial charge is 0.310 e. The molecule has 70 heavy (non-hydrogen) atoms. The van der Waals surface area contributed by atoms with Gasteiger partial charge in [-0.15, -0.1) is 0 Å². The van der Waals surface area contributed by atoms with Crippen LogP contribution < -0.4 is 14.7 Å². The van der Waals surface area contributed by atoms with E-state index in [2.05, 4.69) is 165 Å². The molecule has 1 aliphatic carbocycles. The smallest absolute Gasteiger partial charge is 0.198 e. The lowest BCUT2D eigenvalue weighted by Crippen LogP contribution is -2.29. The fourth-order valence-electron chi connectivity index (χ4n) is 9.82. The number of carbonyl (C=O) groups is 2. The Balaban J connectivity index is 1.29. The summed E-state index contributed by atoms with van der Waals surface area (Å²) in [7, 11) is 0. The minimum atomic E-state index is -0.211. The van der Waals surface area contributed by atoms with Crippen LogP contribution in [0.15, 0.2) is 194 Å². The number of benzene rings is 8. The Bertz CT molecular complexity index is 3040. The number of anilines is 9. The molecule has 9 rings (SSSR count). The molecule has 1 aliphatic rings. The molecule has 3 atom stereocenters. The molecule has 3 unspecified atom stereocenters. The predicted molar refractivity (Wildman–Crippen MR) is 293 cm³/mol. The average Bonchev–Trinajstić information content (AvgIpc) is 3.40. The Labute approximate surface area is 416 Å². The topological polar surface area (TPSA) is 43.9 Å². The van der Waals surface area contributed by atoms with Crippen molar-refractivity contribution < 1.29 is 9.59 Å². The van der Waals surface area contributed by atoms with E-state index in [4.69, 9.17) is 0 Å². The van der Waals surface area contributed by atoms with Gasteiger partial charge in [0.05, 0.1) is 33.8 Å². The minimum absolute atomic E-state index is 0.202. The molecule has 0 spiro atoms. The monoisotopic (exact) mass is 920 g/mol. The van der Waals surface area contributed by atoms with E-state index in [9.17, 15) is 0 Å². The summed E-state index contributed by atoms with van der Waals surface area (Å²) in [5.74, 6) is 1.25. The van der Waals surface area contributed by atoms with Crippen LogP contribution in [-0.2, 0) is 19.3 Å². The van der Waals surface area contributed by atoms with Gasteiger partial charge < -0.3 is 14.7 Å². The SMILES string of the molecule is CCC(C)Cc1ccc(N(c2ccccc2)c2cccc3c2C(=O)c2c(N(c4ccccc4)c4ccc(CC(C)CC)cc4)ccc(N(c4ccccc4)c4ccc(CC(C)CC)cc4)c2C3=O)cc1. The van der Waals surface area contributed by atoms with Gasteiger partial charge >= 0.3 is 0 Å². The fourth-order valence-corrected chi connectivity index (χ4v) is 9.82. The molecule has 0 fully saturated rings. The van der Waals surface area contributed by atoms with Crippen LogP contribution in [-0.4, -0.2) is 11.6 Å². The molecule has 0 saturated heterocycles. The van der Waals surface area contributed by atoms with E-state index in [1.807, 2.05) is 84.9 Å². The second kappa shape index (κ2) is 21.4.